The summed E-state index contributed by atoms with van der Waals surface area (Å²) < 4.78 is 0. The average Bonchev–Trinajstić information content (AvgIpc) is 2.34. The molecule has 0 saturated carbocycles. The van der Waals surface area contributed by atoms with Crippen molar-refractivity contribution < 1.29 is 0 Å². The number of nitrogens with one attached hydrogen (secondary N) is 1. The first-order chi connectivity index (χ1) is 8.11. The van der Waals surface area contributed by atoms with E-state index in [4.69, 9.17) is 0 Å². The van der Waals surface area contributed by atoms with Gasteiger partial charge in [0.05, 0.1) is 0 Å². The minimum Gasteiger partial charge on any atom is -0.313 e. The minimum atomic E-state index is 0.791. The van der Waals surface area contributed by atoms with E-state index >= 15 is 0 Å². The lowest BCUT2D eigenvalue weighted by Crippen LogP contribution is -2.21. The highest BCUT2D eigenvalue weighted by atomic mass is 14.8. The van der Waals surface area contributed by atoms with E-state index in [1.807, 2.05) is 0 Å². The summed E-state index contributed by atoms with van der Waals surface area (Å²) in [4.78, 5) is 0. The fourth-order valence-electron chi connectivity index (χ4n) is 2.08. The summed E-state index contributed by atoms with van der Waals surface area (Å²) in [5, 5.41) is 3.53. The highest BCUT2D eigenvalue weighted by molar-refractivity contribution is 5.14. The molecule has 0 amide bonds. The first kappa shape index (κ1) is 14.2. The smallest absolute Gasteiger partial charge is 0.0205 e. The lowest BCUT2D eigenvalue weighted by Gasteiger charge is -2.23. The van der Waals surface area contributed by atoms with Gasteiger partial charge in [0.15, 0.2) is 0 Å². The molecular weight excluding hydrogens is 206 g/mol. The number of rotatable bonds is 7. The molecule has 0 spiro atoms. The number of benzene rings is 1. The van der Waals surface area contributed by atoms with Crippen LogP contribution >= 0.6 is 0 Å². The largest absolute Gasteiger partial charge is 0.313 e. The summed E-state index contributed by atoms with van der Waals surface area (Å²) >= 11 is 0. The van der Waals surface area contributed by atoms with Gasteiger partial charge in [0.2, 0.25) is 0 Å². The van der Waals surface area contributed by atoms with Gasteiger partial charge in [-0.15, -0.1) is 0 Å². The summed E-state index contributed by atoms with van der Waals surface area (Å²) in [7, 11) is 0. The molecule has 0 aliphatic rings. The molecule has 0 bridgehead atoms. The third-order valence-electron chi connectivity index (χ3n) is 3.90. The van der Waals surface area contributed by atoms with Crippen LogP contribution in [0.1, 0.15) is 39.7 Å². The maximum absolute atomic E-state index is 3.53. The van der Waals surface area contributed by atoms with Gasteiger partial charge in [-0.05, 0) is 36.3 Å². The van der Waals surface area contributed by atoms with Crippen LogP contribution in [0.15, 0.2) is 30.3 Å². The molecule has 0 saturated heterocycles. The third kappa shape index (κ3) is 5.36. The molecule has 0 radical (unpaired) electrons. The van der Waals surface area contributed by atoms with Crippen molar-refractivity contribution in [3.05, 3.63) is 35.9 Å². The molecule has 96 valence electrons. The highest BCUT2D eigenvalue weighted by Crippen LogP contribution is 2.22. The summed E-state index contributed by atoms with van der Waals surface area (Å²) in [6.07, 6.45) is 1.27. The van der Waals surface area contributed by atoms with Crippen molar-refractivity contribution in [3.63, 3.8) is 0 Å². The SMILES string of the molecule is CC(C)[C@H](C)C(C)CCNCc1ccccc1. The van der Waals surface area contributed by atoms with Gasteiger partial charge in [-0.25, -0.2) is 0 Å². The Hall–Kier alpha value is -0.820. The molecule has 1 rings (SSSR count). The van der Waals surface area contributed by atoms with Gasteiger partial charge in [-0.3, -0.25) is 0 Å². The molecule has 1 unspecified atom stereocenters. The van der Waals surface area contributed by atoms with E-state index in [0.29, 0.717) is 0 Å². The maximum Gasteiger partial charge on any atom is 0.0205 e. The molecule has 0 aliphatic carbocycles. The van der Waals surface area contributed by atoms with Crippen molar-refractivity contribution >= 4 is 0 Å². The molecular formula is C16H27N. The van der Waals surface area contributed by atoms with Crippen molar-refractivity contribution in [2.45, 2.75) is 40.7 Å². The normalized spacial score (nSPS) is 14.9. The Kier molecular flexibility index (Phi) is 6.28. The van der Waals surface area contributed by atoms with E-state index < -0.39 is 0 Å². The topological polar surface area (TPSA) is 12.0 Å². The van der Waals surface area contributed by atoms with E-state index in [2.05, 4.69) is 63.3 Å². The second-order valence-electron chi connectivity index (χ2n) is 5.53. The van der Waals surface area contributed by atoms with Gasteiger partial charge in [-0.1, -0.05) is 58.0 Å². The highest BCUT2D eigenvalue weighted by Gasteiger charge is 2.14. The molecule has 0 heterocycles. The standard InChI is InChI=1S/C16H27N/c1-13(2)15(4)14(3)10-11-17-12-16-8-6-5-7-9-16/h5-9,13-15,17H,10-12H2,1-4H3/t14?,15-/m0/s1. The number of hydrogen-bond donors (Lipinski definition) is 1. The van der Waals surface area contributed by atoms with Crippen LogP contribution in [0.25, 0.3) is 0 Å². The number of hydrogen-bond acceptors (Lipinski definition) is 1. The van der Waals surface area contributed by atoms with Crippen LogP contribution in [0.2, 0.25) is 0 Å². The van der Waals surface area contributed by atoms with Crippen molar-refractivity contribution in [1.82, 2.24) is 5.32 Å². The Morgan fingerprint density at radius 3 is 2.24 bits per heavy atom. The molecule has 0 aliphatic heterocycles. The van der Waals surface area contributed by atoms with Gasteiger partial charge < -0.3 is 5.32 Å². The first-order valence-electron chi connectivity index (χ1n) is 6.86. The fourth-order valence-corrected chi connectivity index (χ4v) is 2.08. The monoisotopic (exact) mass is 233 g/mol. The zero-order valence-electron chi connectivity index (χ0n) is 11.7. The van der Waals surface area contributed by atoms with Crippen LogP contribution in [-0.2, 0) is 6.54 Å². The van der Waals surface area contributed by atoms with E-state index in [9.17, 15) is 0 Å². The van der Waals surface area contributed by atoms with Gasteiger partial charge in [0.1, 0.15) is 0 Å². The van der Waals surface area contributed by atoms with E-state index in [0.717, 1.165) is 30.8 Å². The Morgan fingerprint density at radius 1 is 1.00 bits per heavy atom. The molecule has 1 nitrogen and oxygen atoms in total. The van der Waals surface area contributed by atoms with Crippen LogP contribution in [0.4, 0.5) is 0 Å². The molecule has 0 fully saturated rings. The summed E-state index contributed by atoms with van der Waals surface area (Å²) in [6.45, 7) is 11.5. The van der Waals surface area contributed by atoms with E-state index in [1.54, 1.807) is 0 Å². The second-order valence-corrected chi connectivity index (χ2v) is 5.53. The molecule has 1 aromatic carbocycles. The van der Waals surface area contributed by atoms with Crippen LogP contribution < -0.4 is 5.32 Å². The summed E-state index contributed by atoms with van der Waals surface area (Å²) in [5.41, 5.74) is 1.37. The van der Waals surface area contributed by atoms with Crippen molar-refractivity contribution in [2.24, 2.45) is 17.8 Å². The van der Waals surface area contributed by atoms with Crippen LogP contribution in [0.5, 0.6) is 0 Å². The molecule has 1 N–H and O–H groups in total. The Bertz CT molecular complexity index is 292. The Balaban J connectivity index is 2.16. The predicted octanol–water partition coefficient (Wildman–Crippen LogP) is 4.09. The summed E-state index contributed by atoms with van der Waals surface area (Å²) in [5.74, 6) is 2.41. The zero-order valence-corrected chi connectivity index (χ0v) is 11.7. The van der Waals surface area contributed by atoms with Gasteiger partial charge in [-0.2, -0.15) is 0 Å². The van der Waals surface area contributed by atoms with Crippen molar-refractivity contribution in [2.75, 3.05) is 6.54 Å². The van der Waals surface area contributed by atoms with Crippen LogP contribution in [-0.4, -0.2) is 6.54 Å². The predicted molar refractivity (Wildman–Crippen MR) is 75.9 cm³/mol. The zero-order chi connectivity index (χ0) is 12.7. The first-order valence-corrected chi connectivity index (χ1v) is 6.86. The Morgan fingerprint density at radius 2 is 1.65 bits per heavy atom. The molecule has 0 aromatic heterocycles. The van der Waals surface area contributed by atoms with E-state index in [-0.39, 0.29) is 0 Å². The molecule has 1 aromatic rings. The van der Waals surface area contributed by atoms with Crippen LogP contribution in [0, 0.1) is 17.8 Å². The van der Waals surface area contributed by atoms with Crippen molar-refractivity contribution in [1.29, 1.82) is 0 Å². The van der Waals surface area contributed by atoms with Gasteiger partial charge in [0, 0.05) is 6.54 Å². The molecule has 2 atom stereocenters. The van der Waals surface area contributed by atoms with E-state index in [1.165, 1.54) is 12.0 Å². The Labute approximate surface area is 107 Å². The second kappa shape index (κ2) is 7.50. The fraction of sp³-hybridized carbons (Fsp3) is 0.625. The quantitative estimate of drug-likeness (QED) is 0.699. The maximum atomic E-state index is 3.53. The lowest BCUT2D eigenvalue weighted by atomic mass is 9.84. The molecule has 17 heavy (non-hydrogen) atoms. The van der Waals surface area contributed by atoms with Crippen LogP contribution in [0.3, 0.4) is 0 Å². The average molecular weight is 233 g/mol. The minimum absolute atomic E-state index is 0.791. The lowest BCUT2D eigenvalue weighted by molar-refractivity contribution is 0.279. The molecule has 1 heteroatoms. The van der Waals surface area contributed by atoms with Gasteiger partial charge in [0.25, 0.3) is 0 Å². The summed E-state index contributed by atoms with van der Waals surface area (Å²) in [6, 6.07) is 10.6. The van der Waals surface area contributed by atoms with Gasteiger partial charge >= 0.3 is 0 Å². The third-order valence-corrected chi connectivity index (χ3v) is 3.90. The van der Waals surface area contributed by atoms with Crippen molar-refractivity contribution in [3.8, 4) is 0 Å².